The number of nitrogens with zero attached hydrogens (tertiary/aromatic N) is 1. The van der Waals surface area contributed by atoms with Crippen LogP contribution in [0.4, 0.5) is 0 Å². The van der Waals surface area contributed by atoms with E-state index in [0.717, 1.165) is 37.9 Å². The molecule has 2 aromatic rings. The van der Waals surface area contributed by atoms with Crippen molar-refractivity contribution in [1.29, 1.82) is 0 Å². The molecule has 1 amide bonds. The van der Waals surface area contributed by atoms with Crippen LogP contribution in [0.5, 0.6) is 5.75 Å². The number of fused-ring (bicyclic) bond motifs is 1. The third-order valence-corrected chi connectivity index (χ3v) is 6.09. The molecule has 0 radical (unpaired) electrons. The molecule has 1 atom stereocenters. The number of methoxy groups -OCH3 is 1. The number of nitrogens with one attached hydrogen (secondary N) is 1. The second-order valence-electron chi connectivity index (χ2n) is 8.66. The highest BCUT2D eigenvalue weighted by Gasteiger charge is 2.20. The SMILES string of the molecule is CCCCCC1=C(/C=C/C(=O)N[C@@H](C)CCCc2cccnc2)Cc2cc(OC)ccc21. The summed E-state index contributed by atoms with van der Waals surface area (Å²) in [5.41, 5.74) is 6.48. The van der Waals surface area contributed by atoms with E-state index in [1.165, 1.54) is 47.1 Å². The van der Waals surface area contributed by atoms with Gasteiger partial charge < -0.3 is 10.1 Å². The first-order valence-electron chi connectivity index (χ1n) is 11.9. The number of carbonyl (C=O) groups is 1. The van der Waals surface area contributed by atoms with Crippen LogP contribution in [0, 0.1) is 0 Å². The van der Waals surface area contributed by atoms with E-state index in [9.17, 15) is 4.79 Å². The van der Waals surface area contributed by atoms with E-state index in [1.54, 1.807) is 19.4 Å². The van der Waals surface area contributed by atoms with Crippen molar-refractivity contribution >= 4 is 11.5 Å². The van der Waals surface area contributed by atoms with Crippen molar-refractivity contribution in [1.82, 2.24) is 10.3 Å². The van der Waals surface area contributed by atoms with Crippen molar-refractivity contribution in [3.63, 3.8) is 0 Å². The van der Waals surface area contributed by atoms with Gasteiger partial charge in [0.15, 0.2) is 0 Å². The van der Waals surface area contributed by atoms with E-state index >= 15 is 0 Å². The number of unbranched alkanes of at least 4 members (excludes halogenated alkanes) is 2. The molecule has 32 heavy (non-hydrogen) atoms. The number of aromatic nitrogens is 1. The minimum atomic E-state index is -0.0205. The van der Waals surface area contributed by atoms with Gasteiger partial charge in [0.1, 0.15) is 5.75 Å². The van der Waals surface area contributed by atoms with Crippen LogP contribution in [0.2, 0.25) is 0 Å². The zero-order chi connectivity index (χ0) is 22.8. The Morgan fingerprint density at radius 2 is 2.09 bits per heavy atom. The summed E-state index contributed by atoms with van der Waals surface area (Å²) in [4.78, 5) is 16.7. The van der Waals surface area contributed by atoms with E-state index in [-0.39, 0.29) is 11.9 Å². The van der Waals surface area contributed by atoms with Gasteiger partial charge in [0.2, 0.25) is 5.91 Å². The second-order valence-corrected chi connectivity index (χ2v) is 8.66. The Kier molecular flexibility index (Phi) is 9.09. The third kappa shape index (κ3) is 6.81. The molecule has 170 valence electrons. The normalized spacial score (nSPS) is 14.0. The number of pyridine rings is 1. The molecule has 0 aliphatic heterocycles. The second kappa shape index (κ2) is 12.2. The average Bonchev–Trinajstić information content (AvgIpc) is 3.15. The Labute approximate surface area is 192 Å². The monoisotopic (exact) mass is 432 g/mol. The Bertz CT molecular complexity index is 947. The number of carbonyl (C=O) groups excluding carboxylic acids is 1. The van der Waals surface area contributed by atoms with Crippen molar-refractivity contribution in [2.45, 2.75) is 71.3 Å². The number of ether oxygens (including phenoxy) is 1. The lowest BCUT2D eigenvalue weighted by molar-refractivity contribution is -0.117. The molecule has 3 rings (SSSR count). The van der Waals surface area contributed by atoms with Gasteiger partial charge in [-0.05, 0) is 91.5 Å². The number of hydrogen-bond donors (Lipinski definition) is 1. The fraction of sp³-hybridized carbons (Fsp3) is 0.429. The fourth-order valence-corrected chi connectivity index (χ4v) is 4.33. The molecular weight excluding hydrogens is 396 g/mol. The molecule has 1 aromatic carbocycles. The molecule has 1 heterocycles. The molecule has 1 aliphatic carbocycles. The van der Waals surface area contributed by atoms with Gasteiger partial charge in [-0.1, -0.05) is 38.0 Å². The summed E-state index contributed by atoms with van der Waals surface area (Å²) >= 11 is 0. The molecule has 0 saturated heterocycles. The maximum Gasteiger partial charge on any atom is 0.244 e. The van der Waals surface area contributed by atoms with Crippen LogP contribution in [0.25, 0.3) is 5.57 Å². The Morgan fingerprint density at radius 1 is 1.22 bits per heavy atom. The van der Waals surface area contributed by atoms with Crippen LogP contribution in [-0.2, 0) is 17.6 Å². The molecule has 0 spiro atoms. The molecule has 0 unspecified atom stereocenters. The van der Waals surface area contributed by atoms with Gasteiger partial charge in [-0.25, -0.2) is 0 Å². The van der Waals surface area contributed by atoms with Gasteiger partial charge in [0.05, 0.1) is 7.11 Å². The highest BCUT2D eigenvalue weighted by atomic mass is 16.5. The standard InChI is InChI=1S/C28H36N2O2/c1-4-5-6-12-26-23(18-24-19-25(32-3)14-15-27(24)26)13-16-28(31)30-21(2)9-7-10-22-11-8-17-29-20-22/h8,11,13-17,19-21H,4-7,9-10,12,18H2,1-3H3,(H,30,31)/b16-13+/t21-/m0/s1. The Morgan fingerprint density at radius 3 is 2.84 bits per heavy atom. The smallest absolute Gasteiger partial charge is 0.244 e. The number of hydrogen-bond acceptors (Lipinski definition) is 3. The van der Waals surface area contributed by atoms with Crippen LogP contribution in [0.3, 0.4) is 0 Å². The first-order valence-corrected chi connectivity index (χ1v) is 11.9. The first kappa shape index (κ1) is 23.8. The minimum absolute atomic E-state index is 0.0205. The molecule has 0 fully saturated rings. The fourth-order valence-electron chi connectivity index (χ4n) is 4.33. The quantitative estimate of drug-likeness (QED) is 0.327. The third-order valence-electron chi connectivity index (χ3n) is 6.09. The van der Waals surface area contributed by atoms with E-state index in [4.69, 9.17) is 4.74 Å². The maximum absolute atomic E-state index is 12.5. The van der Waals surface area contributed by atoms with Gasteiger partial charge >= 0.3 is 0 Å². The molecular formula is C28H36N2O2. The lowest BCUT2D eigenvalue weighted by atomic mass is 9.99. The number of allylic oxidation sites excluding steroid dienone is 3. The molecule has 4 nitrogen and oxygen atoms in total. The summed E-state index contributed by atoms with van der Waals surface area (Å²) in [7, 11) is 1.70. The van der Waals surface area contributed by atoms with Crippen LogP contribution in [0.15, 0.2) is 60.5 Å². The Balaban J connectivity index is 1.57. The Hall–Kier alpha value is -2.88. The summed E-state index contributed by atoms with van der Waals surface area (Å²) in [5.74, 6) is 0.868. The lowest BCUT2D eigenvalue weighted by Gasteiger charge is -2.12. The maximum atomic E-state index is 12.5. The molecule has 0 bridgehead atoms. The largest absolute Gasteiger partial charge is 0.497 e. The zero-order valence-electron chi connectivity index (χ0n) is 19.7. The highest BCUT2D eigenvalue weighted by molar-refractivity contribution is 5.89. The predicted octanol–water partition coefficient (Wildman–Crippen LogP) is 6.06. The van der Waals surface area contributed by atoms with Gasteiger partial charge in [-0.15, -0.1) is 0 Å². The topological polar surface area (TPSA) is 51.2 Å². The van der Waals surface area contributed by atoms with Gasteiger partial charge in [-0.2, -0.15) is 0 Å². The van der Waals surface area contributed by atoms with E-state index < -0.39 is 0 Å². The molecule has 1 aliphatic rings. The van der Waals surface area contributed by atoms with Crippen LogP contribution in [0.1, 0.15) is 69.1 Å². The van der Waals surface area contributed by atoms with Gasteiger partial charge in [0.25, 0.3) is 0 Å². The molecule has 0 saturated carbocycles. The van der Waals surface area contributed by atoms with Crippen molar-refractivity contribution < 1.29 is 9.53 Å². The molecule has 1 aromatic heterocycles. The summed E-state index contributed by atoms with van der Waals surface area (Å²) < 4.78 is 5.41. The van der Waals surface area contributed by atoms with Gasteiger partial charge in [0, 0.05) is 24.5 Å². The number of rotatable bonds is 12. The average molecular weight is 433 g/mol. The molecule has 1 N–H and O–H groups in total. The summed E-state index contributed by atoms with van der Waals surface area (Å²) in [6, 6.07) is 10.5. The van der Waals surface area contributed by atoms with Gasteiger partial charge in [-0.3, -0.25) is 9.78 Å². The van der Waals surface area contributed by atoms with Crippen LogP contribution >= 0.6 is 0 Å². The highest BCUT2D eigenvalue weighted by Crippen LogP contribution is 2.38. The lowest BCUT2D eigenvalue weighted by Crippen LogP contribution is -2.31. The predicted molar refractivity (Wildman–Crippen MR) is 132 cm³/mol. The van der Waals surface area contributed by atoms with Crippen molar-refractivity contribution in [2.75, 3.05) is 7.11 Å². The summed E-state index contributed by atoms with van der Waals surface area (Å²) in [5, 5.41) is 3.11. The molecule has 4 heteroatoms. The van der Waals surface area contributed by atoms with Crippen molar-refractivity contribution in [3.05, 3.63) is 77.1 Å². The van der Waals surface area contributed by atoms with Crippen LogP contribution < -0.4 is 10.1 Å². The van der Waals surface area contributed by atoms with Crippen molar-refractivity contribution in [2.24, 2.45) is 0 Å². The summed E-state index contributed by atoms with van der Waals surface area (Å²) in [6.07, 6.45) is 15.9. The zero-order valence-corrected chi connectivity index (χ0v) is 19.7. The van der Waals surface area contributed by atoms with Crippen LogP contribution in [-0.4, -0.2) is 24.0 Å². The number of benzene rings is 1. The summed E-state index contributed by atoms with van der Waals surface area (Å²) in [6.45, 7) is 4.30. The first-order chi connectivity index (χ1) is 15.6. The van der Waals surface area contributed by atoms with E-state index in [0.29, 0.717) is 0 Å². The number of amides is 1. The van der Waals surface area contributed by atoms with E-state index in [1.807, 2.05) is 24.4 Å². The minimum Gasteiger partial charge on any atom is -0.497 e. The van der Waals surface area contributed by atoms with Crippen molar-refractivity contribution in [3.8, 4) is 5.75 Å². The number of aryl methyl sites for hydroxylation is 1. The van der Waals surface area contributed by atoms with E-state index in [2.05, 4.69) is 42.3 Å².